The molecule has 2 aromatic rings. The highest BCUT2D eigenvalue weighted by Gasteiger charge is 2.24. The third-order valence-electron chi connectivity index (χ3n) is 4.31. The molecule has 0 saturated heterocycles. The lowest BCUT2D eigenvalue weighted by Crippen LogP contribution is -2.31. The van der Waals surface area contributed by atoms with Crippen molar-refractivity contribution < 1.29 is 4.74 Å². The van der Waals surface area contributed by atoms with Gasteiger partial charge < -0.3 is 10.5 Å². The third-order valence-corrected chi connectivity index (χ3v) is 4.31. The van der Waals surface area contributed by atoms with Crippen LogP contribution >= 0.6 is 0 Å². The zero-order chi connectivity index (χ0) is 13.9. The fourth-order valence-electron chi connectivity index (χ4n) is 3.13. The van der Waals surface area contributed by atoms with Gasteiger partial charge in [0.25, 0.3) is 0 Å². The van der Waals surface area contributed by atoms with Crippen molar-refractivity contribution in [2.75, 3.05) is 13.2 Å². The zero-order valence-corrected chi connectivity index (χ0v) is 12.0. The van der Waals surface area contributed by atoms with Crippen molar-refractivity contribution in [2.24, 2.45) is 17.6 Å². The highest BCUT2D eigenvalue weighted by molar-refractivity contribution is 5.43. The average Bonchev–Trinajstić information content (AvgIpc) is 2.93. The number of nitrogens with two attached hydrogens (primary N) is 1. The van der Waals surface area contributed by atoms with E-state index < -0.39 is 0 Å². The van der Waals surface area contributed by atoms with E-state index in [0.29, 0.717) is 11.8 Å². The number of hydrogen-bond donors (Lipinski definition) is 1. The summed E-state index contributed by atoms with van der Waals surface area (Å²) in [4.78, 5) is 4.22. The largest absolute Gasteiger partial charge is 0.477 e. The van der Waals surface area contributed by atoms with E-state index in [1.165, 1.54) is 25.7 Å². The van der Waals surface area contributed by atoms with Crippen LogP contribution in [0.1, 0.15) is 31.2 Å². The average molecular weight is 274 g/mol. The SMILES string of the molecule is Cc1cc(OCC2CCCCC2CN)n2ncnc2c1. The number of rotatable bonds is 4. The number of aromatic nitrogens is 3. The van der Waals surface area contributed by atoms with E-state index in [0.717, 1.165) is 30.2 Å². The maximum Gasteiger partial charge on any atom is 0.216 e. The lowest BCUT2D eigenvalue weighted by atomic mass is 9.80. The predicted molar refractivity (Wildman–Crippen MR) is 77.7 cm³/mol. The van der Waals surface area contributed by atoms with Crippen molar-refractivity contribution in [1.29, 1.82) is 0 Å². The molecule has 2 unspecified atom stereocenters. The minimum absolute atomic E-state index is 0.563. The lowest BCUT2D eigenvalue weighted by molar-refractivity contribution is 0.147. The second-order valence-corrected chi connectivity index (χ2v) is 5.75. The fourth-order valence-corrected chi connectivity index (χ4v) is 3.13. The lowest BCUT2D eigenvalue weighted by Gasteiger charge is -2.30. The van der Waals surface area contributed by atoms with Crippen LogP contribution in [0, 0.1) is 18.8 Å². The van der Waals surface area contributed by atoms with Gasteiger partial charge in [0.05, 0.1) is 6.61 Å². The van der Waals surface area contributed by atoms with Gasteiger partial charge in [-0.05, 0) is 49.8 Å². The summed E-state index contributed by atoms with van der Waals surface area (Å²) in [6, 6.07) is 4.02. The zero-order valence-electron chi connectivity index (χ0n) is 12.0. The van der Waals surface area contributed by atoms with Crippen molar-refractivity contribution in [2.45, 2.75) is 32.6 Å². The Morgan fingerprint density at radius 3 is 2.90 bits per heavy atom. The maximum atomic E-state index is 6.03. The molecule has 3 rings (SSSR count). The Bertz CT molecular complexity index is 580. The van der Waals surface area contributed by atoms with Gasteiger partial charge in [-0.15, -0.1) is 0 Å². The second kappa shape index (κ2) is 5.79. The molecule has 1 saturated carbocycles. The molecule has 1 fully saturated rings. The summed E-state index contributed by atoms with van der Waals surface area (Å²) in [5, 5.41) is 4.22. The van der Waals surface area contributed by atoms with E-state index in [1.807, 2.05) is 19.1 Å². The number of nitrogens with zero attached hydrogens (tertiary/aromatic N) is 3. The van der Waals surface area contributed by atoms with Crippen molar-refractivity contribution in [3.05, 3.63) is 24.0 Å². The first-order valence-electron chi connectivity index (χ1n) is 7.41. The molecule has 1 aliphatic rings. The van der Waals surface area contributed by atoms with Crippen LogP contribution in [0.25, 0.3) is 5.65 Å². The molecule has 2 aromatic heterocycles. The Labute approximate surface area is 119 Å². The quantitative estimate of drug-likeness (QED) is 0.928. The number of fused-ring (bicyclic) bond motifs is 1. The van der Waals surface area contributed by atoms with Gasteiger partial charge in [-0.1, -0.05) is 12.8 Å². The third kappa shape index (κ3) is 2.63. The minimum Gasteiger partial charge on any atom is -0.477 e. The molecule has 20 heavy (non-hydrogen) atoms. The second-order valence-electron chi connectivity index (χ2n) is 5.75. The van der Waals surface area contributed by atoms with Crippen LogP contribution in [0.3, 0.4) is 0 Å². The van der Waals surface area contributed by atoms with Crippen molar-refractivity contribution in [3.8, 4) is 5.88 Å². The van der Waals surface area contributed by atoms with Gasteiger partial charge in [0, 0.05) is 6.07 Å². The number of pyridine rings is 1. The standard InChI is InChI=1S/C15H22N4O/c1-11-6-14-17-10-18-19(14)15(7-11)20-9-13-5-3-2-4-12(13)8-16/h6-7,10,12-13H,2-5,8-9,16H2,1H3. The molecule has 0 spiro atoms. The van der Waals surface area contributed by atoms with Crippen LogP contribution < -0.4 is 10.5 Å². The Morgan fingerprint density at radius 1 is 1.30 bits per heavy atom. The van der Waals surface area contributed by atoms with Crippen LogP contribution in [0.15, 0.2) is 18.5 Å². The molecule has 1 aliphatic carbocycles. The first-order chi connectivity index (χ1) is 9.78. The molecule has 0 amide bonds. The maximum absolute atomic E-state index is 6.03. The number of aryl methyl sites for hydroxylation is 1. The fraction of sp³-hybridized carbons (Fsp3) is 0.600. The molecule has 5 nitrogen and oxygen atoms in total. The summed E-state index contributed by atoms with van der Waals surface area (Å²) in [6.07, 6.45) is 6.60. The molecule has 5 heteroatoms. The molecule has 2 heterocycles. The monoisotopic (exact) mass is 274 g/mol. The van der Waals surface area contributed by atoms with E-state index >= 15 is 0 Å². The normalized spacial score (nSPS) is 23.1. The molecule has 0 aromatic carbocycles. The van der Waals surface area contributed by atoms with Crippen LogP contribution in [0.2, 0.25) is 0 Å². The van der Waals surface area contributed by atoms with Crippen LogP contribution in [0.5, 0.6) is 5.88 Å². The highest BCUT2D eigenvalue weighted by atomic mass is 16.5. The predicted octanol–water partition coefficient (Wildman–Crippen LogP) is 2.18. The summed E-state index contributed by atoms with van der Waals surface area (Å²) >= 11 is 0. The van der Waals surface area contributed by atoms with Crippen LogP contribution in [-0.2, 0) is 0 Å². The molecule has 108 valence electrons. The first-order valence-corrected chi connectivity index (χ1v) is 7.41. The molecule has 2 N–H and O–H groups in total. The molecule has 0 radical (unpaired) electrons. The summed E-state index contributed by atoms with van der Waals surface area (Å²) in [5.74, 6) is 1.94. The van der Waals surface area contributed by atoms with Gasteiger partial charge in [0.15, 0.2) is 5.65 Å². The number of ether oxygens (including phenoxy) is 1. The van der Waals surface area contributed by atoms with Gasteiger partial charge in [0.2, 0.25) is 5.88 Å². The number of hydrogen-bond acceptors (Lipinski definition) is 4. The van der Waals surface area contributed by atoms with Crippen molar-refractivity contribution in [1.82, 2.24) is 14.6 Å². The van der Waals surface area contributed by atoms with Crippen molar-refractivity contribution in [3.63, 3.8) is 0 Å². The van der Waals surface area contributed by atoms with Gasteiger partial charge in [-0.25, -0.2) is 4.98 Å². The molecule has 0 aliphatic heterocycles. The van der Waals surface area contributed by atoms with E-state index in [1.54, 1.807) is 10.8 Å². The Kier molecular flexibility index (Phi) is 3.87. The van der Waals surface area contributed by atoms with E-state index in [4.69, 9.17) is 10.5 Å². The van der Waals surface area contributed by atoms with E-state index in [9.17, 15) is 0 Å². The summed E-state index contributed by atoms with van der Waals surface area (Å²) in [7, 11) is 0. The van der Waals surface area contributed by atoms with Gasteiger partial charge in [-0.3, -0.25) is 0 Å². The van der Waals surface area contributed by atoms with E-state index in [2.05, 4.69) is 10.1 Å². The Hall–Kier alpha value is -1.62. The first kappa shape index (κ1) is 13.4. The topological polar surface area (TPSA) is 65.4 Å². The Morgan fingerprint density at radius 2 is 2.10 bits per heavy atom. The Balaban J connectivity index is 1.74. The minimum atomic E-state index is 0.563. The molecule has 0 bridgehead atoms. The van der Waals surface area contributed by atoms with Crippen molar-refractivity contribution >= 4 is 5.65 Å². The summed E-state index contributed by atoms with van der Waals surface area (Å²) < 4.78 is 7.79. The summed E-state index contributed by atoms with van der Waals surface area (Å²) in [6.45, 7) is 3.53. The molecular weight excluding hydrogens is 252 g/mol. The molecule has 2 atom stereocenters. The van der Waals surface area contributed by atoms with Gasteiger partial charge in [-0.2, -0.15) is 9.61 Å². The van der Waals surface area contributed by atoms with Gasteiger partial charge >= 0.3 is 0 Å². The van der Waals surface area contributed by atoms with Gasteiger partial charge in [0.1, 0.15) is 6.33 Å². The van der Waals surface area contributed by atoms with Crippen LogP contribution in [0.4, 0.5) is 0 Å². The highest BCUT2D eigenvalue weighted by Crippen LogP contribution is 2.30. The van der Waals surface area contributed by atoms with E-state index in [-0.39, 0.29) is 0 Å². The van der Waals surface area contributed by atoms with Crippen LogP contribution in [-0.4, -0.2) is 27.7 Å². The molecular formula is C15H22N4O. The smallest absolute Gasteiger partial charge is 0.216 e. The summed E-state index contributed by atoms with van der Waals surface area (Å²) in [5.41, 5.74) is 7.85.